The van der Waals surface area contributed by atoms with Crippen LogP contribution >= 0.6 is 0 Å². The van der Waals surface area contributed by atoms with E-state index in [2.05, 4.69) is 20.3 Å². The van der Waals surface area contributed by atoms with Crippen LogP contribution in [0.1, 0.15) is 12.5 Å². The number of halogens is 1. The Morgan fingerprint density at radius 1 is 1.36 bits per heavy atom. The molecule has 1 saturated heterocycles. The predicted molar refractivity (Wildman–Crippen MR) is 83.3 cm³/mol. The van der Waals surface area contributed by atoms with Gasteiger partial charge in [-0.2, -0.15) is 0 Å². The van der Waals surface area contributed by atoms with Crippen LogP contribution in [0.3, 0.4) is 0 Å². The summed E-state index contributed by atoms with van der Waals surface area (Å²) < 4.78 is 15.5. The Morgan fingerprint density at radius 3 is 3.14 bits per heavy atom. The number of rotatable bonds is 4. The maximum Gasteiger partial charge on any atom is 0.141 e. The molecule has 3 aromatic heterocycles. The molecule has 4 rings (SSSR count). The molecule has 1 fully saturated rings. The smallest absolute Gasteiger partial charge is 0.141 e. The molecule has 0 spiro atoms. The highest BCUT2D eigenvalue weighted by Crippen LogP contribution is 2.29. The molecule has 0 amide bonds. The summed E-state index contributed by atoms with van der Waals surface area (Å²) in [5, 5.41) is 4.30. The zero-order chi connectivity index (χ0) is 14.9. The largest absolute Gasteiger partial charge is 0.348 e. The lowest BCUT2D eigenvalue weighted by molar-refractivity contribution is 0.274. The summed E-state index contributed by atoms with van der Waals surface area (Å²) in [6.07, 6.45) is 8.39. The van der Waals surface area contributed by atoms with Crippen molar-refractivity contribution in [1.82, 2.24) is 24.8 Å². The van der Waals surface area contributed by atoms with Crippen LogP contribution in [0.15, 0.2) is 37.1 Å². The van der Waals surface area contributed by atoms with Gasteiger partial charge >= 0.3 is 0 Å². The van der Waals surface area contributed by atoms with E-state index in [1.54, 1.807) is 6.33 Å². The van der Waals surface area contributed by atoms with E-state index in [1.165, 1.54) is 0 Å². The number of H-pyrrole nitrogens is 1. The molecule has 2 unspecified atom stereocenters. The molecule has 0 aliphatic carbocycles. The Labute approximate surface area is 127 Å². The summed E-state index contributed by atoms with van der Waals surface area (Å²) in [7, 11) is 0. The summed E-state index contributed by atoms with van der Waals surface area (Å²) in [6, 6.07) is 3.86. The van der Waals surface area contributed by atoms with E-state index in [1.807, 2.05) is 35.3 Å². The maximum atomic E-state index is 13.5. The lowest BCUT2D eigenvalue weighted by Crippen LogP contribution is -2.22. The minimum Gasteiger partial charge on any atom is -0.348 e. The number of hydrogen-bond donors (Lipinski definition) is 2. The van der Waals surface area contributed by atoms with E-state index in [0.29, 0.717) is 5.92 Å². The average Bonchev–Trinajstić information content (AvgIpc) is 3.29. The maximum absolute atomic E-state index is 13.5. The van der Waals surface area contributed by atoms with Crippen LogP contribution in [0.4, 0.5) is 4.39 Å². The van der Waals surface area contributed by atoms with Gasteiger partial charge in [0.1, 0.15) is 18.6 Å². The number of aromatic nitrogens is 4. The SMILES string of the molecule is FCC(C1CCNC1)n1ccc(-c2ncnc3[nH]ccc23)c1. The number of fused-ring (bicyclic) bond motifs is 1. The molecule has 5 nitrogen and oxygen atoms in total. The molecule has 1 aliphatic heterocycles. The fraction of sp³-hybridized carbons (Fsp3) is 0.375. The topological polar surface area (TPSA) is 58.5 Å². The number of nitrogens with zero attached hydrogens (tertiary/aromatic N) is 3. The van der Waals surface area contributed by atoms with Crippen LogP contribution < -0.4 is 5.32 Å². The van der Waals surface area contributed by atoms with E-state index in [-0.39, 0.29) is 12.7 Å². The Kier molecular flexibility index (Phi) is 3.38. The van der Waals surface area contributed by atoms with E-state index in [0.717, 1.165) is 41.8 Å². The standard InChI is InChI=1S/C16H18FN5/c17-7-14(11-1-4-18-8-11)22-6-3-12(9-22)15-13-2-5-19-16(13)21-10-20-15/h2-3,5-6,9-11,14,18H,1,4,7-8H2,(H,19,20,21). The minimum absolute atomic E-state index is 0.104. The first-order valence-electron chi connectivity index (χ1n) is 7.59. The predicted octanol–water partition coefficient (Wildman–Crippen LogP) is 2.55. The van der Waals surface area contributed by atoms with Crippen molar-refractivity contribution in [2.24, 2.45) is 5.92 Å². The van der Waals surface area contributed by atoms with Crippen molar-refractivity contribution < 1.29 is 4.39 Å². The molecule has 114 valence electrons. The highest BCUT2D eigenvalue weighted by molar-refractivity contribution is 5.90. The Balaban J connectivity index is 1.70. The highest BCUT2D eigenvalue weighted by atomic mass is 19.1. The molecular formula is C16H18FN5. The van der Waals surface area contributed by atoms with Crippen LogP contribution in [0.5, 0.6) is 0 Å². The second-order valence-corrected chi connectivity index (χ2v) is 5.78. The van der Waals surface area contributed by atoms with Gasteiger partial charge in [0.15, 0.2) is 0 Å². The van der Waals surface area contributed by atoms with Crippen LogP contribution in [0.2, 0.25) is 0 Å². The van der Waals surface area contributed by atoms with Gasteiger partial charge in [0.2, 0.25) is 0 Å². The molecule has 0 saturated carbocycles. The molecule has 6 heteroatoms. The third-order valence-corrected chi connectivity index (χ3v) is 4.53. The molecule has 0 aromatic carbocycles. The summed E-state index contributed by atoms with van der Waals surface area (Å²) in [6.45, 7) is 1.52. The van der Waals surface area contributed by atoms with Crippen LogP contribution in [0.25, 0.3) is 22.3 Å². The first-order valence-corrected chi connectivity index (χ1v) is 7.59. The quantitative estimate of drug-likeness (QED) is 0.778. The second kappa shape index (κ2) is 5.53. The van der Waals surface area contributed by atoms with Crippen molar-refractivity contribution in [3.05, 3.63) is 37.1 Å². The number of aromatic amines is 1. The van der Waals surface area contributed by atoms with Crippen molar-refractivity contribution in [2.75, 3.05) is 19.8 Å². The minimum atomic E-state index is -0.343. The molecule has 2 atom stereocenters. The molecule has 0 bridgehead atoms. The molecule has 1 aliphatic rings. The zero-order valence-electron chi connectivity index (χ0n) is 12.2. The lowest BCUT2D eigenvalue weighted by atomic mass is 10.00. The normalized spacial score (nSPS) is 19.8. The molecule has 3 aromatic rings. The third-order valence-electron chi connectivity index (χ3n) is 4.53. The van der Waals surface area contributed by atoms with Crippen molar-refractivity contribution in [1.29, 1.82) is 0 Å². The van der Waals surface area contributed by atoms with Crippen LogP contribution in [-0.4, -0.2) is 39.3 Å². The molecule has 4 heterocycles. The van der Waals surface area contributed by atoms with Gasteiger partial charge in [-0.3, -0.25) is 0 Å². The molecule has 22 heavy (non-hydrogen) atoms. The van der Waals surface area contributed by atoms with Crippen molar-refractivity contribution in [3.63, 3.8) is 0 Å². The number of hydrogen-bond acceptors (Lipinski definition) is 3. The average molecular weight is 299 g/mol. The second-order valence-electron chi connectivity index (χ2n) is 5.78. The summed E-state index contributed by atoms with van der Waals surface area (Å²) in [5.41, 5.74) is 2.70. The van der Waals surface area contributed by atoms with E-state index in [4.69, 9.17) is 0 Å². The van der Waals surface area contributed by atoms with Crippen molar-refractivity contribution >= 4 is 11.0 Å². The Bertz CT molecular complexity index is 772. The van der Waals surface area contributed by atoms with Gasteiger partial charge in [0, 0.05) is 36.1 Å². The van der Waals surface area contributed by atoms with Crippen LogP contribution in [0, 0.1) is 5.92 Å². The van der Waals surface area contributed by atoms with Crippen molar-refractivity contribution in [3.8, 4) is 11.3 Å². The lowest BCUT2D eigenvalue weighted by Gasteiger charge is -2.21. The summed E-state index contributed by atoms with van der Waals surface area (Å²) >= 11 is 0. The molecule has 2 N–H and O–H groups in total. The monoisotopic (exact) mass is 299 g/mol. The van der Waals surface area contributed by atoms with Gasteiger partial charge < -0.3 is 14.9 Å². The third kappa shape index (κ3) is 2.20. The number of alkyl halides is 1. The van der Waals surface area contributed by atoms with Gasteiger partial charge in [-0.1, -0.05) is 0 Å². The first kappa shape index (κ1) is 13.5. The van der Waals surface area contributed by atoms with E-state index in [9.17, 15) is 4.39 Å². The zero-order valence-corrected chi connectivity index (χ0v) is 12.2. The van der Waals surface area contributed by atoms with Gasteiger partial charge in [0.25, 0.3) is 0 Å². The van der Waals surface area contributed by atoms with Crippen molar-refractivity contribution in [2.45, 2.75) is 12.5 Å². The Morgan fingerprint density at radius 2 is 2.32 bits per heavy atom. The fourth-order valence-corrected chi connectivity index (χ4v) is 3.32. The Hall–Kier alpha value is -2.21. The van der Waals surface area contributed by atoms with Gasteiger partial charge in [0.05, 0.1) is 11.7 Å². The van der Waals surface area contributed by atoms with Crippen LogP contribution in [-0.2, 0) is 0 Å². The van der Waals surface area contributed by atoms with Gasteiger partial charge in [-0.25, -0.2) is 14.4 Å². The van der Waals surface area contributed by atoms with Gasteiger partial charge in [-0.05, 0) is 31.0 Å². The van der Waals surface area contributed by atoms with E-state index < -0.39 is 0 Å². The number of nitrogens with one attached hydrogen (secondary N) is 2. The molecular weight excluding hydrogens is 281 g/mol. The summed E-state index contributed by atoms with van der Waals surface area (Å²) in [5.74, 6) is 0.350. The van der Waals surface area contributed by atoms with E-state index >= 15 is 0 Å². The van der Waals surface area contributed by atoms with Gasteiger partial charge in [-0.15, -0.1) is 0 Å². The first-order chi connectivity index (χ1) is 10.9. The fourth-order valence-electron chi connectivity index (χ4n) is 3.32. The highest BCUT2D eigenvalue weighted by Gasteiger charge is 2.26. The molecule has 0 radical (unpaired) electrons. The summed E-state index contributed by atoms with van der Waals surface area (Å²) in [4.78, 5) is 11.7.